The van der Waals surface area contributed by atoms with Crippen LogP contribution in [-0.2, 0) is 4.84 Å². The molecule has 0 saturated heterocycles. The Balaban J connectivity index is 2.10. The van der Waals surface area contributed by atoms with Crippen LogP contribution in [0.15, 0.2) is 29.4 Å². The van der Waals surface area contributed by atoms with E-state index in [9.17, 15) is 5.11 Å². The SMILES string of the molecule is CCC(C)(O)C1CC(c2ccc(C)cc2)=NO1. The smallest absolute Gasteiger partial charge is 0.161 e. The monoisotopic (exact) mass is 233 g/mol. The number of aliphatic hydroxyl groups is 1. The number of aryl methyl sites for hydroxylation is 1. The second-order valence-electron chi connectivity index (χ2n) is 4.91. The summed E-state index contributed by atoms with van der Waals surface area (Å²) in [6.45, 7) is 5.81. The quantitative estimate of drug-likeness (QED) is 0.872. The lowest BCUT2D eigenvalue weighted by Gasteiger charge is -2.26. The summed E-state index contributed by atoms with van der Waals surface area (Å²) < 4.78 is 0. The van der Waals surface area contributed by atoms with Gasteiger partial charge in [-0.1, -0.05) is 41.9 Å². The third-order valence-electron chi connectivity index (χ3n) is 3.46. The molecule has 0 aromatic heterocycles. The third kappa shape index (κ3) is 2.50. The first kappa shape index (κ1) is 12.1. The van der Waals surface area contributed by atoms with Gasteiger partial charge in [0.15, 0.2) is 6.10 Å². The van der Waals surface area contributed by atoms with Crippen molar-refractivity contribution in [3.63, 3.8) is 0 Å². The maximum atomic E-state index is 10.1. The summed E-state index contributed by atoms with van der Waals surface area (Å²) in [7, 11) is 0. The minimum Gasteiger partial charge on any atom is -0.389 e. The van der Waals surface area contributed by atoms with Crippen LogP contribution >= 0.6 is 0 Å². The molecule has 1 aliphatic heterocycles. The normalized spacial score (nSPS) is 22.8. The average molecular weight is 233 g/mol. The Hall–Kier alpha value is -1.35. The van der Waals surface area contributed by atoms with E-state index < -0.39 is 5.60 Å². The topological polar surface area (TPSA) is 41.8 Å². The lowest BCUT2D eigenvalue weighted by atomic mass is 9.91. The highest BCUT2D eigenvalue weighted by atomic mass is 16.7. The Morgan fingerprint density at radius 3 is 2.65 bits per heavy atom. The Morgan fingerprint density at radius 2 is 2.06 bits per heavy atom. The van der Waals surface area contributed by atoms with Gasteiger partial charge in [-0.3, -0.25) is 0 Å². The van der Waals surface area contributed by atoms with Gasteiger partial charge in [0.25, 0.3) is 0 Å². The predicted octanol–water partition coefficient (Wildman–Crippen LogP) is 2.65. The maximum absolute atomic E-state index is 10.1. The van der Waals surface area contributed by atoms with E-state index in [2.05, 4.69) is 24.2 Å². The van der Waals surface area contributed by atoms with Crippen molar-refractivity contribution in [1.29, 1.82) is 0 Å². The molecule has 3 heteroatoms. The van der Waals surface area contributed by atoms with Crippen molar-refractivity contribution >= 4 is 5.71 Å². The molecule has 1 aliphatic rings. The van der Waals surface area contributed by atoms with Crippen molar-refractivity contribution < 1.29 is 9.94 Å². The molecule has 2 unspecified atom stereocenters. The van der Waals surface area contributed by atoms with Gasteiger partial charge in [-0.2, -0.15) is 0 Å². The van der Waals surface area contributed by atoms with Crippen LogP contribution in [-0.4, -0.2) is 22.5 Å². The molecular weight excluding hydrogens is 214 g/mol. The minimum atomic E-state index is -0.810. The molecule has 0 amide bonds. The molecule has 0 radical (unpaired) electrons. The van der Waals surface area contributed by atoms with Gasteiger partial charge in [0.1, 0.15) is 5.60 Å². The summed E-state index contributed by atoms with van der Waals surface area (Å²) in [5, 5.41) is 14.2. The highest BCUT2D eigenvalue weighted by Gasteiger charge is 2.37. The van der Waals surface area contributed by atoms with Gasteiger partial charge in [-0.25, -0.2) is 0 Å². The van der Waals surface area contributed by atoms with Crippen molar-refractivity contribution in [3.05, 3.63) is 35.4 Å². The zero-order valence-electron chi connectivity index (χ0n) is 10.6. The van der Waals surface area contributed by atoms with Crippen molar-refractivity contribution in [2.45, 2.75) is 45.3 Å². The highest BCUT2D eigenvalue weighted by Crippen LogP contribution is 2.27. The molecule has 1 aromatic carbocycles. The van der Waals surface area contributed by atoms with Crippen LogP contribution in [0.1, 0.15) is 37.8 Å². The fraction of sp³-hybridized carbons (Fsp3) is 0.500. The van der Waals surface area contributed by atoms with Crippen LogP contribution in [0.5, 0.6) is 0 Å². The number of benzene rings is 1. The van der Waals surface area contributed by atoms with Crippen LogP contribution in [0.2, 0.25) is 0 Å². The minimum absolute atomic E-state index is 0.233. The van der Waals surface area contributed by atoms with Crippen molar-refractivity contribution in [2.24, 2.45) is 5.16 Å². The van der Waals surface area contributed by atoms with Gasteiger partial charge in [-0.05, 0) is 25.8 Å². The molecule has 2 rings (SSSR count). The molecule has 1 aromatic rings. The van der Waals surface area contributed by atoms with Gasteiger partial charge in [-0.15, -0.1) is 0 Å². The largest absolute Gasteiger partial charge is 0.389 e. The predicted molar refractivity (Wildman–Crippen MR) is 68.1 cm³/mol. The molecule has 92 valence electrons. The van der Waals surface area contributed by atoms with E-state index in [1.54, 1.807) is 6.92 Å². The summed E-state index contributed by atoms with van der Waals surface area (Å²) in [5.41, 5.74) is 2.41. The van der Waals surface area contributed by atoms with E-state index in [1.807, 2.05) is 19.1 Å². The van der Waals surface area contributed by atoms with Gasteiger partial charge in [0.05, 0.1) is 5.71 Å². The van der Waals surface area contributed by atoms with Crippen molar-refractivity contribution in [3.8, 4) is 0 Å². The van der Waals surface area contributed by atoms with Crippen molar-refractivity contribution in [1.82, 2.24) is 0 Å². The molecule has 0 fully saturated rings. The summed E-state index contributed by atoms with van der Waals surface area (Å²) in [6, 6.07) is 8.20. The molecule has 17 heavy (non-hydrogen) atoms. The van der Waals surface area contributed by atoms with Gasteiger partial charge in [0, 0.05) is 6.42 Å². The fourth-order valence-electron chi connectivity index (χ4n) is 1.85. The lowest BCUT2D eigenvalue weighted by Crippen LogP contribution is -2.38. The molecule has 0 bridgehead atoms. The van der Waals surface area contributed by atoms with Gasteiger partial charge < -0.3 is 9.94 Å². The molecular formula is C14H19NO2. The molecule has 2 atom stereocenters. The number of hydrogen-bond donors (Lipinski definition) is 1. The molecule has 0 spiro atoms. The number of rotatable bonds is 3. The molecule has 3 nitrogen and oxygen atoms in total. The second kappa shape index (κ2) is 4.49. The first-order valence-corrected chi connectivity index (χ1v) is 6.05. The average Bonchev–Trinajstić information content (AvgIpc) is 2.80. The highest BCUT2D eigenvalue weighted by molar-refractivity contribution is 6.01. The number of nitrogens with zero attached hydrogens (tertiary/aromatic N) is 1. The van der Waals surface area contributed by atoms with E-state index in [-0.39, 0.29) is 6.10 Å². The standard InChI is InChI=1S/C14H19NO2/c1-4-14(3,16)13-9-12(15-17-13)11-7-5-10(2)6-8-11/h5-8,13,16H,4,9H2,1-3H3. The molecule has 0 aliphatic carbocycles. The van der Waals surface area contributed by atoms with E-state index in [0.29, 0.717) is 12.8 Å². The number of hydrogen-bond acceptors (Lipinski definition) is 3. The third-order valence-corrected chi connectivity index (χ3v) is 3.46. The van der Waals surface area contributed by atoms with Crippen LogP contribution in [0, 0.1) is 6.92 Å². The number of oxime groups is 1. The summed E-state index contributed by atoms with van der Waals surface area (Å²) in [5.74, 6) is 0. The van der Waals surface area contributed by atoms with Gasteiger partial charge in [0.2, 0.25) is 0 Å². The molecule has 0 saturated carbocycles. The summed E-state index contributed by atoms with van der Waals surface area (Å²) in [4.78, 5) is 5.34. The van der Waals surface area contributed by atoms with Gasteiger partial charge >= 0.3 is 0 Å². The summed E-state index contributed by atoms with van der Waals surface area (Å²) >= 11 is 0. The van der Waals surface area contributed by atoms with Crippen LogP contribution < -0.4 is 0 Å². The van der Waals surface area contributed by atoms with E-state index in [0.717, 1.165) is 11.3 Å². The Kier molecular flexibility index (Phi) is 3.20. The Morgan fingerprint density at radius 1 is 1.41 bits per heavy atom. The van der Waals surface area contributed by atoms with E-state index in [1.165, 1.54) is 5.56 Å². The maximum Gasteiger partial charge on any atom is 0.161 e. The molecule has 1 N–H and O–H groups in total. The Labute approximate surface area is 102 Å². The van der Waals surface area contributed by atoms with E-state index >= 15 is 0 Å². The Bertz CT molecular complexity index is 420. The van der Waals surface area contributed by atoms with E-state index in [4.69, 9.17) is 4.84 Å². The van der Waals surface area contributed by atoms with Crippen molar-refractivity contribution in [2.75, 3.05) is 0 Å². The zero-order chi connectivity index (χ0) is 12.5. The lowest BCUT2D eigenvalue weighted by molar-refractivity contribution is -0.0854. The first-order chi connectivity index (χ1) is 8.03. The fourth-order valence-corrected chi connectivity index (χ4v) is 1.85. The van der Waals surface area contributed by atoms with Crippen LogP contribution in [0.3, 0.4) is 0 Å². The second-order valence-corrected chi connectivity index (χ2v) is 4.91. The zero-order valence-corrected chi connectivity index (χ0v) is 10.6. The van der Waals surface area contributed by atoms with Crippen LogP contribution in [0.25, 0.3) is 0 Å². The van der Waals surface area contributed by atoms with Crippen LogP contribution in [0.4, 0.5) is 0 Å². The first-order valence-electron chi connectivity index (χ1n) is 6.05. The molecule has 1 heterocycles. The summed E-state index contributed by atoms with van der Waals surface area (Å²) in [6.07, 6.45) is 1.10.